The summed E-state index contributed by atoms with van der Waals surface area (Å²) in [6, 6.07) is 2.91. The number of halogens is 2. The van der Waals surface area contributed by atoms with Gasteiger partial charge in [-0.15, -0.1) is 0 Å². The molecule has 2 heterocycles. The van der Waals surface area contributed by atoms with Crippen LogP contribution in [-0.4, -0.2) is 25.7 Å². The van der Waals surface area contributed by atoms with Crippen molar-refractivity contribution in [1.82, 2.24) is 5.32 Å². The van der Waals surface area contributed by atoms with Gasteiger partial charge in [-0.1, -0.05) is 0 Å². The predicted molar refractivity (Wildman–Crippen MR) is 65.8 cm³/mol. The number of benzene rings is 1. The smallest absolute Gasteiger partial charge is 0.170 e. The van der Waals surface area contributed by atoms with Gasteiger partial charge in [0.05, 0.1) is 17.3 Å². The Bertz CT molecular complexity index is 582. The van der Waals surface area contributed by atoms with Crippen LogP contribution in [-0.2, 0) is 0 Å². The Hall–Kier alpha value is -1.62. The van der Waals surface area contributed by atoms with E-state index < -0.39 is 11.6 Å². The maximum absolute atomic E-state index is 13.6. The lowest BCUT2D eigenvalue weighted by Crippen LogP contribution is -2.50. The third kappa shape index (κ3) is 1.66. The number of nitrogens with one attached hydrogen (secondary N) is 1. The Morgan fingerprint density at radius 2 is 2.28 bits per heavy atom. The van der Waals surface area contributed by atoms with Gasteiger partial charge in [-0.3, -0.25) is 0 Å². The molecule has 1 saturated heterocycles. The largest absolute Gasteiger partial charge is 0.462 e. The first-order chi connectivity index (χ1) is 8.68. The average Bonchev–Trinajstić information content (AvgIpc) is 2.84. The van der Waals surface area contributed by atoms with E-state index in [0.29, 0.717) is 11.3 Å². The highest BCUT2D eigenvalue weighted by atomic mass is 19.2. The molecule has 1 atom stereocenters. The van der Waals surface area contributed by atoms with E-state index in [9.17, 15) is 8.78 Å². The second-order valence-corrected chi connectivity index (χ2v) is 4.60. The van der Waals surface area contributed by atoms with E-state index >= 15 is 0 Å². The standard InChI is InChI=1S/C13H14F2N2O/c1-8-7-16-3-4-17(8)11-6-10(14)12(15)9-2-5-18-13(9)11/h2,5-6,8,16H,3-4,7H2,1H3. The SMILES string of the molecule is CC1CNCCN1c1cc(F)c(F)c2ccoc12. The summed E-state index contributed by atoms with van der Waals surface area (Å²) < 4.78 is 32.5. The van der Waals surface area contributed by atoms with Crippen LogP contribution in [0, 0.1) is 11.6 Å². The van der Waals surface area contributed by atoms with Crippen LogP contribution in [0.15, 0.2) is 22.8 Å². The fourth-order valence-corrected chi connectivity index (χ4v) is 2.47. The van der Waals surface area contributed by atoms with E-state index in [0.717, 1.165) is 19.6 Å². The number of anilines is 1. The van der Waals surface area contributed by atoms with Crippen LogP contribution in [0.4, 0.5) is 14.5 Å². The molecule has 5 heteroatoms. The van der Waals surface area contributed by atoms with Crippen LogP contribution < -0.4 is 10.2 Å². The topological polar surface area (TPSA) is 28.4 Å². The summed E-state index contributed by atoms with van der Waals surface area (Å²) in [6.45, 7) is 4.44. The van der Waals surface area contributed by atoms with Gasteiger partial charge in [0.15, 0.2) is 17.2 Å². The summed E-state index contributed by atoms with van der Waals surface area (Å²) in [4.78, 5) is 2.05. The van der Waals surface area contributed by atoms with Crippen LogP contribution in [0.25, 0.3) is 11.0 Å². The Balaban J connectivity index is 2.16. The number of hydrogen-bond donors (Lipinski definition) is 1. The van der Waals surface area contributed by atoms with Crippen LogP contribution >= 0.6 is 0 Å². The molecule has 0 radical (unpaired) electrons. The summed E-state index contributed by atoms with van der Waals surface area (Å²) in [7, 11) is 0. The summed E-state index contributed by atoms with van der Waals surface area (Å²) in [5, 5.41) is 3.47. The van der Waals surface area contributed by atoms with Crippen molar-refractivity contribution in [2.24, 2.45) is 0 Å². The minimum atomic E-state index is -0.842. The molecule has 18 heavy (non-hydrogen) atoms. The maximum atomic E-state index is 13.6. The minimum absolute atomic E-state index is 0.204. The molecule has 0 amide bonds. The van der Waals surface area contributed by atoms with Gasteiger partial charge in [0, 0.05) is 31.7 Å². The Kier molecular flexibility index (Phi) is 2.70. The number of furan rings is 1. The lowest BCUT2D eigenvalue weighted by molar-refractivity contribution is 0.491. The van der Waals surface area contributed by atoms with Gasteiger partial charge in [-0.25, -0.2) is 8.78 Å². The molecule has 0 bridgehead atoms. The van der Waals surface area contributed by atoms with Crippen molar-refractivity contribution < 1.29 is 13.2 Å². The Morgan fingerprint density at radius 3 is 3.06 bits per heavy atom. The minimum Gasteiger partial charge on any atom is -0.462 e. The first-order valence-corrected chi connectivity index (χ1v) is 6.01. The average molecular weight is 252 g/mol. The molecule has 1 fully saturated rings. The summed E-state index contributed by atoms with van der Waals surface area (Å²) >= 11 is 0. The second kappa shape index (κ2) is 4.24. The molecular weight excluding hydrogens is 238 g/mol. The zero-order chi connectivity index (χ0) is 12.7. The number of fused-ring (bicyclic) bond motifs is 1. The Morgan fingerprint density at radius 1 is 1.44 bits per heavy atom. The highest BCUT2D eigenvalue weighted by Crippen LogP contribution is 2.33. The molecule has 2 aromatic rings. The zero-order valence-electron chi connectivity index (χ0n) is 10.0. The molecule has 1 aliphatic rings. The molecule has 3 rings (SSSR count). The van der Waals surface area contributed by atoms with Crippen molar-refractivity contribution in [1.29, 1.82) is 0 Å². The van der Waals surface area contributed by atoms with Gasteiger partial charge in [0.1, 0.15) is 0 Å². The lowest BCUT2D eigenvalue weighted by Gasteiger charge is -2.35. The van der Waals surface area contributed by atoms with E-state index in [4.69, 9.17) is 4.42 Å². The monoisotopic (exact) mass is 252 g/mol. The van der Waals surface area contributed by atoms with Crippen LogP contribution in [0.3, 0.4) is 0 Å². The van der Waals surface area contributed by atoms with E-state index in [1.54, 1.807) is 0 Å². The molecule has 1 aromatic carbocycles. The maximum Gasteiger partial charge on any atom is 0.170 e. The van der Waals surface area contributed by atoms with Crippen molar-refractivity contribution >= 4 is 16.7 Å². The zero-order valence-corrected chi connectivity index (χ0v) is 10.0. The molecule has 1 aliphatic heterocycles. The molecular formula is C13H14F2N2O. The Labute approximate surface area is 103 Å². The predicted octanol–water partition coefficient (Wildman–Crippen LogP) is 2.51. The number of hydrogen-bond acceptors (Lipinski definition) is 3. The molecule has 1 unspecified atom stereocenters. The quantitative estimate of drug-likeness (QED) is 0.845. The molecule has 1 aromatic heterocycles. The van der Waals surface area contributed by atoms with E-state index in [-0.39, 0.29) is 11.4 Å². The fourth-order valence-electron chi connectivity index (χ4n) is 2.47. The molecule has 0 saturated carbocycles. The van der Waals surface area contributed by atoms with Crippen molar-refractivity contribution in [2.75, 3.05) is 24.5 Å². The number of piperazine rings is 1. The van der Waals surface area contributed by atoms with E-state index in [1.807, 2.05) is 11.8 Å². The normalized spacial score (nSPS) is 20.6. The summed E-state index contributed by atoms with van der Waals surface area (Å²) in [6.07, 6.45) is 1.39. The second-order valence-electron chi connectivity index (χ2n) is 4.60. The van der Waals surface area contributed by atoms with Crippen LogP contribution in [0.5, 0.6) is 0 Å². The van der Waals surface area contributed by atoms with Gasteiger partial charge in [0.2, 0.25) is 0 Å². The van der Waals surface area contributed by atoms with Gasteiger partial charge in [-0.05, 0) is 13.0 Å². The molecule has 1 N–H and O–H groups in total. The van der Waals surface area contributed by atoms with Gasteiger partial charge < -0.3 is 14.6 Å². The van der Waals surface area contributed by atoms with Gasteiger partial charge in [-0.2, -0.15) is 0 Å². The first-order valence-electron chi connectivity index (χ1n) is 6.01. The molecule has 3 nitrogen and oxygen atoms in total. The lowest BCUT2D eigenvalue weighted by atomic mass is 10.1. The third-order valence-corrected chi connectivity index (χ3v) is 3.42. The van der Waals surface area contributed by atoms with E-state index in [2.05, 4.69) is 5.32 Å². The van der Waals surface area contributed by atoms with Crippen molar-refractivity contribution in [3.05, 3.63) is 30.0 Å². The van der Waals surface area contributed by atoms with Gasteiger partial charge in [0.25, 0.3) is 0 Å². The number of rotatable bonds is 1. The third-order valence-electron chi connectivity index (χ3n) is 3.42. The summed E-state index contributed by atoms with van der Waals surface area (Å²) in [5.74, 6) is -1.67. The highest BCUT2D eigenvalue weighted by molar-refractivity contribution is 5.90. The fraction of sp³-hybridized carbons (Fsp3) is 0.385. The van der Waals surface area contributed by atoms with Gasteiger partial charge >= 0.3 is 0 Å². The first kappa shape index (κ1) is 11.5. The van der Waals surface area contributed by atoms with Crippen LogP contribution in [0.2, 0.25) is 0 Å². The number of nitrogens with zero attached hydrogens (tertiary/aromatic N) is 1. The summed E-state index contributed by atoms with van der Waals surface area (Å²) in [5.41, 5.74) is 1.05. The van der Waals surface area contributed by atoms with Crippen molar-refractivity contribution in [3.63, 3.8) is 0 Å². The highest BCUT2D eigenvalue weighted by Gasteiger charge is 2.24. The van der Waals surface area contributed by atoms with Crippen LogP contribution in [0.1, 0.15) is 6.92 Å². The molecule has 0 aliphatic carbocycles. The van der Waals surface area contributed by atoms with E-state index in [1.165, 1.54) is 18.4 Å². The van der Waals surface area contributed by atoms with Crippen molar-refractivity contribution in [2.45, 2.75) is 13.0 Å². The molecule has 96 valence electrons. The van der Waals surface area contributed by atoms with Crippen molar-refractivity contribution in [3.8, 4) is 0 Å². The molecule has 0 spiro atoms.